The first kappa shape index (κ1) is 9.65. The van der Waals surface area contributed by atoms with E-state index in [0.29, 0.717) is 23.0 Å². The van der Waals surface area contributed by atoms with Crippen molar-refractivity contribution >= 4 is 16.9 Å². The van der Waals surface area contributed by atoms with Crippen LogP contribution in [0, 0.1) is 0 Å². The minimum Gasteiger partial charge on any atom is -1.00 e. The van der Waals surface area contributed by atoms with Gasteiger partial charge >= 0.3 is 6.03 Å². The van der Waals surface area contributed by atoms with Gasteiger partial charge in [-0.1, -0.05) is 0 Å². The Morgan fingerprint density at radius 2 is 2.23 bits per heavy atom. The first-order valence-corrected chi connectivity index (χ1v) is 6.20. The van der Waals surface area contributed by atoms with Crippen LogP contribution in [0.3, 0.4) is 0 Å². The van der Waals surface area contributed by atoms with Crippen LogP contribution in [0.5, 0.6) is 0 Å². The lowest BCUT2D eigenvalue weighted by atomic mass is 10.1. The molecule has 74 valence electrons. The molecule has 0 bridgehead atoms. The van der Waals surface area contributed by atoms with E-state index in [1.807, 2.05) is 0 Å². The van der Waals surface area contributed by atoms with Crippen LogP contribution in [-0.2, 0) is 10.9 Å². The quantitative estimate of drug-likeness (QED) is 0.352. The van der Waals surface area contributed by atoms with Crippen LogP contribution in [0.2, 0.25) is 0 Å². The number of hydrogen-bond donors (Lipinski definition) is 2. The Bertz CT molecular complexity index is 238. The molecule has 0 aliphatic carbocycles. The summed E-state index contributed by atoms with van der Waals surface area (Å²) in [5, 5.41) is 6.86. The minimum absolute atomic E-state index is 0. The molecule has 2 N–H and O–H groups in total. The number of carbonyl (C=O) groups is 1. The van der Waals surface area contributed by atoms with Gasteiger partial charge in [0.15, 0.2) is 0 Å². The Balaban J connectivity index is 0.000000653. The van der Waals surface area contributed by atoms with E-state index in [0.717, 1.165) is 5.25 Å². The minimum atomic E-state index is 0. The first-order chi connectivity index (χ1) is 5.84. The van der Waals surface area contributed by atoms with Crippen LogP contribution in [0.25, 0.3) is 0 Å². The predicted octanol–water partition coefficient (Wildman–Crippen LogP) is -3.17. The lowest BCUT2D eigenvalue weighted by Gasteiger charge is -2.08. The maximum atomic E-state index is 11.0. The van der Waals surface area contributed by atoms with Crippen molar-refractivity contribution in [3.63, 3.8) is 0 Å². The molecule has 3 aliphatic rings. The van der Waals surface area contributed by atoms with E-state index < -0.39 is 0 Å². The fourth-order valence-electron chi connectivity index (χ4n) is 2.66. The topological polar surface area (TPSA) is 41.1 Å². The molecule has 0 aromatic carbocycles. The van der Waals surface area contributed by atoms with Crippen molar-refractivity contribution in [2.45, 2.75) is 30.2 Å². The highest BCUT2D eigenvalue weighted by atomic mass is 79.9. The van der Waals surface area contributed by atoms with E-state index in [-0.39, 0.29) is 23.0 Å². The monoisotopic (exact) mass is 264 g/mol. The molecule has 3 aliphatic heterocycles. The zero-order chi connectivity index (χ0) is 8.13. The zero-order valence-corrected chi connectivity index (χ0v) is 9.66. The van der Waals surface area contributed by atoms with Gasteiger partial charge in [0, 0.05) is 6.42 Å². The fourth-order valence-corrected chi connectivity index (χ4v) is 5.84. The Morgan fingerprint density at radius 1 is 1.38 bits per heavy atom. The highest BCUT2D eigenvalue weighted by Crippen LogP contribution is 2.34. The molecule has 3 heterocycles. The van der Waals surface area contributed by atoms with E-state index in [4.69, 9.17) is 0 Å². The third-order valence-corrected chi connectivity index (χ3v) is 6.15. The molecule has 0 saturated carbocycles. The number of halogens is 1. The fraction of sp³-hybridized carbons (Fsp3) is 0.875. The smallest absolute Gasteiger partial charge is 0.315 e. The predicted molar refractivity (Wildman–Crippen MR) is 49.4 cm³/mol. The van der Waals surface area contributed by atoms with E-state index in [9.17, 15) is 4.79 Å². The van der Waals surface area contributed by atoms with Gasteiger partial charge < -0.3 is 27.6 Å². The third-order valence-electron chi connectivity index (χ3n) is 3.17. The van der Waals surface area contributed by atoms with Crippen molar-refractivity contribution in [1.29, 1.82) is 0 Å². The standard InChI is InChI=1S/C8H12N2OS.BrH/c11-8-9-5-4-12-3-1-2-6(12)7(5)10-8;/h5-7H,1-4H2,(H-,9,10,11);1H. The molecule has 13 heavy (non-hydrogen) atoms. The molecule has 3 fully saturated rings. The summed E-state index contributed by atoms with van der Waals surface area (Å²) in [6.07, 6.45) is 2.72. The number of urea groups is 1. The van der Waals surface area contributed by atoms with E-state index >= 15 is 0 Å². The molecule has 3 rings (SSSR count). The number of hydrogen-bond acceptors (Lipinski definition) is 1. The molecule has 0 aromatic rings. The van der Waals surface area contributed by atoms with Gasteiger partial charge in [-0.3, -0.25) is 0 Å². The highest BCUT2D eigenvalue weighted by Gasteiger charge is 2.56. The molecule has 0 radical (unpaired) electrons. The van der Waals surface area contributed by atoms with Crippen molar-refractivity contribution in [3.05, 3.63) is 0 Å². The van der Waals surface area contributed by atoms with Crippen molar-refractivity contribution < 1.29 is 21.8 Å². The van der Waals surface area contributed by atoms with Crippen molar-refractivity contribution in [2.75, 3.05) is 11.5 Å². The lowest BCUT2D eigenvalue weighted by Crippen LogP contribution is -3.00. The Hall–Kier alpha value is 0.1000. The molecule has 3 nitrogen and oxygen atoms in total. The van der Waals surface area contributed by atoms with E-state index in [2.05, 4.69) is 10.6 Å². The SMILES string of the molecule is O=C1NC2C[S+]3CCCC3C2N1.[Br-]. The number of rotatable bonds is 0. The summed E-state index contributed by atoms with van der Waals surface area (Å²) in [6, 6.07) is 0.995. The van der Waals surface area contributed by atoms with Gasteiger partial charge in [-0.25, -0.2) is 4.79 Å². The lowest BCUT2D eigenvalue weighted by molar-refractivity contribution is -0.00000590. The largest absolute Gasteiger partial charge is 1.00 e. The van der Waals surface area contributed by atoms with Crippen molar-refractivity contribution in [3.8, 4) is 0 Å². The summed E-state index contributed by atoms with van der Waals surface area (Å²) in [4.78, 5) is 11.0. The van der Waals surface area contributed by atoms with Gasteiger partial charge in [0.25, 0.3) is 0 Å². The van der Waals surface area contributed by atoms with Crippen LogP contribution >= 0.6 is 0 Å². The van der Waals surface area contributed by atoms with Gasteiger partial charge in [-0.2, -0.15) is 0 Å². The normalized spacial score (nSPS) is 46.0. The first-order valence-electron chi connectivity index (χ1n) is 4.58. The molecular weight excluding hydrogens is 252 g/mol. The molecule has 5 heteroatoms. The second-order valence-electron chi connectivity index (χ2n) is 3.84. The van der Waals surface area contributed by atoms with Gasteiger partial charge in [-0.05, 0) is 17.3 Å². The van der Waals surface area contributed by atoms with Crippen LogP contribution in [0.15, 0.2) is 0 Å². The second kappa shape index (κ2) is 3.35. The third kappa shape index (κ3) is 1.36. The second-order valence-corrected chi connectivity index (χ2v) is 6.26. The number of fused-ring (bicyclic) bond motifs is 3. The van der Waals surface area contributed by atoms with Gasteiger partial charge in [0.1, 0.15) is 28.8 Å². The molecule has 0 aromatic heterocycles. The summed E-state index contributed by atoms with van der Waals surface area (Å²) >= 11 is 0. The van der Waals surface area contributed by atoms with Crippen LogP contribution in [0.1, 0.15) is 12.8 Å². The van der Waals surface area contributed by atoms with Gasteiger partial charge in [-0.15, -0.1) is 0 Å². The summed E-state index contributed by atoms with van der Waals surface area (Å²) in [7, 11) is 0.631. The van der Waals surface area contributed by atoms with Crippen LogP contribution < -0.4 is 27.6 Å². The zero-order valence-electron chi connectivity index (χ0n) is 7.25. The Labute approximate surface area is 91.1 Å². The number of nitrogens with one attached hydrogen (secondary N) is 2. The van der Waals surface area contributed by atoms with Gasteiger partial charge in [0.2, 0.25) is 0 Å². The van der Waals surface area contributed by atoms with Crippen molar-refractivity contribution in [2.24, 2.45) is 0 Å². The maximum absolute atomic E-state index is 11.0. The summed E-state index contributed by atoms with van der Waals surface area (Å²) in [6.45, 7) is 0. The Morgan fingerprint density at radius 3 is 3.08 bits per heavy atom. The van der Waals surface area contributed by atoms with Crippen LogP contribution in [-0.4, -0.2) is 34.9 Å². The summed E-state index contributed by atoms with van der Waals surface area (Å²) in [5.41, 5.74) is 0. The molecule has 4 atom stereocenters. The summed E-state index contributed by atoms with van der Waals surface area (Å²) < 4.78 is 0. The number of amides is 2. The molecule has 2 amide bonds. The average molecular weight is 265 g/mol. The molecule has 3 saturated heterocycles. The van der Waals surface area contributed by atoms with Crippen LogP contribution in [0.4, 0.5) is 4.79 Å². The van der Waals surface area contributed by atoms with E-state index in [1.54, 1.807) is 0 Å². The van der Waals surface area contributed by atoms with Crippen molar-refractivity contribution in [1.82, 2.24) is 10.6 Å². The molecule has 0 spiro atoms. The van der Waals surface area contributed by atoms with Gasteiger partial charge in [0.05, 0.1) is 0 Å². The van der Waals surface area contributed by atoms with E-state index in [1.165, 1.54) is 24.3 Å². The molecule has 4 unspecified atom stereocenters. The highest BCUT2D eigenvalue weighted by molar-refractivity contribution is 7.98. The number of carbonyl (C=O) groups excluding carboxylic acids is 1. The molecular formula is C8H13BrN2OS. The Kier molecular flexibility index (Phi) is 2.49. The summed E-state index contributed by atoms with van der Waals surface area (Å²) in [5.74, 6) is 2.66. The average Bonchev–Trinajstić information content (AvgIpc) is 2.59. The maximum Gasteiger partial charge on any atom is 0.315 e.